The van der Waals surface area contributed by atoms with E-state index >= 15 is 0 Å². The van der Waals surface area contributed by atoms with E-state index in [4.69, 9.17) is 14.5 Å². The van der Waals surface area contributed by atoms with Crippen molar-refractivity contribution in [1.29, 1.82) is 0 Å². The zero-order valence-corrected chi connectivity index (χ0v) is 15.8. The predicted octanol–water partition coefficient (Wildman–Crippen LogP) is 4.13. The minimum absolute atomic E-state index is 0.0702. The Morgan fingerprint density at radius 2 is 1.57 bits per heavy atom. The molecule has 1 aromatic heterocycles. The highest BCUT2D eigenvalue weighted by molar-refractivity contribution is 5.80. The Kier molecular flexibility index (Phi) is 4.81. The van der Waals surface area contributed by atoms with Crippen molar-refractivity contribution >= 4 is 10.9 Å². The van der Waals surface area contributed by atoms with Crippen LogP contribution in [0.25, 0.3) is 22.3 Å². The highest BCUT2D eigenvalue weighted by Gasteiger charge is 2.15. The van der Waals surface area contributed by atoms with Gasteiger partial charge in [-0.25, -0.2) is 4.98 Å². The Morgan fingerprint density at radius 3 is 2.32 bits per heavy atom. The molecule has 140 valence electrons. The Labute approximate surface area is 162 Å². The molecule has 0 radical (unpaired) electrons. The first-order chi connectivity index (χ1) is 13.7. The van der Waals surface area contributed by atoms with Crippen LogP contribution in [0.5, 0.6) is 11.5 Å². The van der Waals surface area contributed by atoms with E-state index in [2.05, 4.69) is 0 Å². The van der Waals surface area contributed by atoms with E-state index < -0.39 is 0 Å². The van der Waals surface area contributed by atoms with Crippen LogP contribution >= 0.6 is 0 Å². The monoisotopic (exact) mass is 372 g/mol. The quantitative estimate of drug-likeness (QED) is 0.529. The van der Waals surface area contributed by atoms with Crippen LogP contribution in [-0.2, 0) is 6.54 Å². The smallest absolute Gasteiger partial charge is 0.261 e. The fourth-order valence-corrected chi connectivity index (χ4v) is 3.28. The molecule has 0 aliphatic rings. The number of aromatic nitrogens is 2. The van der Waals surface area contributed by atoms with Crippen LogP contribution < -0.4 is 15.0 Å². The lowest BCUT2D eigenvalue weighted by molar-refractivity contribution is 0.355. The van der Waals surface area contributed by atoms with Gasteiger partial charge in [0, 0.05) is 5.56 Å². The average molecular weight is 372 g/mol. The van der Waals surface area contributed by atoms with Gasteiger partial charge < -0.3 is 9.47 Å². The molecule has 0 unspecified atom stereocenters. The molecule has 3 aromatic carbocycles. The Balaban J connectivity index is 1.96. The minimum atomic E-state index is -0.0702. The van der Waals surface area contributed by atoms with Gasteiger partial charge in [0.25, 0.3) is 5.56 Å². The van der Waals surface area contributed by atoms with E-state index in [0.29, 0.717) is 34.8 Å². The summed E-state index contributed by atoms with van der Waals surface area (Å²) >= 11 is 0. The summed E-state index contributed by atoms with van der Waals surface area (Å²) in [5.41, 5.74) is 2.42. The number of rotatable bonds is 5. The average Bonchev–Trinajstić information content (AvgIpc) is 2.76. The van der Waals surface area contributed by atoms with Crippen LogP contribution in [0.2, 0.25) is 0 Å². The fourth-order valence-electron chi connectivity index (χ4n) is 3.28. The summed E-state index contributed by atoms with van der Waals surface area (Å²) in [6.07, 6.45) is 0. The lowest BCUT2D eigenvalue weighted by atomic mass is 10.1. The second-order valence-corrected chi connectivity index (χ2v) is 6.40. The van der Waals surface area contributed by atoms with Crippen molar-refractivity contribution in [3.63, 3.8) is 0 Å². The number of hydrogen-bond donors (Lipinski definition) is 0. The van der Waals surface area contributed by atoms with Gasteiger partial charge in [0.1, 0.15) is 5.82 Å². The molecule has 0 atom stereocenters. The van der Waals surface area contributed by atoms with Gasteiger partial charge in [-0.05, 0) is 35.9 Å². The second-order valence-electron chi connectivity index (χ2n) is 6.40. The molecular weight excluding hydrogens is 352 g/mol. The van der Waals surface area contributed by atoms with Crippen molar-refractivity contribution in [2.45, 2.75) is 6.54 Å². The molecule has 0 N–H and O–H groups in total. The molecule has 0 amide bonds. The van der Waals surface area contributed by atoms with Crippen molar-refractivity contribution in [1.82, 2.24) is 9.55 Å². The Hall–Kier alpha value is -3.60. The predicted molar refractivity (Wildman–Crippen MR) is 110 cm³/mol. The molecule has 5 heteroatoms. The summed E-state index contributed by atoms with van der Waals surface area (Å²) in [6.45, 7) is 0.432. The maximum Gasteiger partial charge on any atom is 0.261 e. The van der Waals surface area contributed by atoms with E-state index in [0.717, 1.165) is 11.1 Å². The van der Waals surface area contributed by atoms with E-state index in [-0.39, 0.29) is 5.56 Å². The van der Waals surface area contributed by atoms with Gasteiger partial charge in [-0.1, -0.05) is 42.5 Å². The number of hydrogen-bond acceptors (Lipinski definition) is 4. The molecule has 4 aromatic rings. The Bertz CT molecular complexity index is 1180. The van der Waals surface area contributed by atoms with Gasteiger partial charge >= 0.3 is 0 Å². The van der Waals surface area contributed by atoms with Crippen LogP contribution in [-0.4, -0.2) is 23.8 Å². The van der Waals surface area contributed by atoms with Crippen molar-refractivity contribution in [2.24, 2.45) is 0 Å². The number of ether oxygens (including phenoxy) is 2. The molecular formula is C23H20N2O3. The van der Waals surface area contributed by atoms with Crippen LogP contribution in [0.15, 0.2) is 77.6 Å². The largest absolute Gasteiger partial charge is 0.493 e. The molecule has 0 saturated carbocycles. The van der Waals surface area contributed by atoms with Gasteiger partial charge in [-0.3, -0.25) is 9.36 Å². The number of benzene rings is 3. The van der Waals surface area contributed by atoms with E-state index in [1.807, 2.05) is 72.8 Å². The van der Waals surface area contributed by atoms with E-state index in [1.165, 1.54) is 0 Å². The fraction of sp³-hybridized carbons (Fsp3) is 0.130. The third kappa shape index (κ3) is 3.22. The van der Waals surface area contributed by atoms with Gasteiger partial charge in [0.05, 0.1) is 31.7 Å². The number of para-hydroxylation sites is 1. The minimum Gasteiger partial charge on any atom is -0.493 e. The lowest BCUT2D eigenvalue weighted by Gasteiger charge is -2.15. The van der Waals surface area contributed by atoms with Gasteiger partial charge in [-0.2, -0.15) is 0 Å². The Morgan fingerprint density at radius 1 is 0.857 bits per heavy atom. The van der Waals surface area contributed by atoms with Crippen molar-refractivity contribution in [3.8, 4) is 22.9 Å². The molecule has 5 nitrogen and oxygen atoms in total. The molecule has 4 rings (SSSR count). The molecule has 0 aliphatic heterocycles. The molecule has 0 spiro atoms. The lowest BCUT2D eigenvalue weighted by Crippen LogP contribution is -2.24. The molecule has 0 aliphatic carbocycles. The SMILES string of the molecule is COc1ccc(-c2nc3ccccc3c(=O)n2Cc2ccccc2)cc1OC. The molecule has 0 bridgehead atoms. The van der Waals surface area contributed by atoms with Crippen LogP contribution in [0.1, 0.15) is 5.56 Å². The zero-order valence-electron chi connectivity index (χ0n) is 15.8. The van der Waals surface area contributed by atoms with Crippen LogP contribution in [0.4, 0.5) is 0 Å². The number of fused-ring (bicyclic) bond motifs is 1. The third-order valence-electron chi connectivity index (χ3n) is 4.69. The summed E-state index contributed by atoms with van der Waals surface area (Å²) in [7, 11) is 3.18. The topological polar surface area (TPSA) is 53.3 Å². The third-order valence-corrected chi connectivity index (χ3v) is 4.69. The second kappa shape index (κ2) is 7.56. The maximum absolute atomic E-state index is 13.3. The maximum atomic E-state index is 13.3. The summed E-state index contributed by atoms with van der Waals surface area (Å²) in [6, 6.07) is 22.8. The standard InChI is InChI=1S/C23H20N2O3/c1-27-20-13-12-17(14-21(20)28-2)22-24-19-11-7-6-10-18(19)23(26)25(22)15-16-8-4-3-5-9-16/h3-14H,15H2,1-2H3. The summed E-state index contributed by atoms with van der Waals surface area (Å²) in [5, 5.41) is 0.600. The van der Waals surface area contributed by atoms with E-state index in [9.17, 15) is 4.79 Å². The molecule has 0 saturated heterocycles. The molecule has 0 fully saturated rings. The van der Waals surface area contributed by atoms with Crippen molar-refractivity contribution in [2.75, 3.05) is 14.2 Å². The summed E-state index contributed by atoms with van der Waals surface area (Å²) < 4.78 is 12.5. The first-order valence-corrected chi connectivity index (χ1v) is 8.97. The normalized spacial score (nSPS) is 10.8. The molecule has 1 heterocycles. The van der Waals surface area contributed by atoms with E-state index in [1.54, 1.807) is 18.8 Å². The number of nitrogens with zero attached hydrogens (tertiary/aromatic N) is 2. The summed E-state index contributed by atoms with van der Waals surface area (Å²) in [4.78, 5) is 18.1. The van der Waals surface area contributed by atoms with Gasteiger partial charge in [0.2, 0.25) is 0 Å². The zero-order chi connectivity index (χ0) is 19.5. The van der Waals surface area contributed by atoms with Crippen LogP contribution in [0.3, 0.4) is 0 Å². The van der Waals surface area contributed by atoms with Gasteiger partial charge in [0.15, 0.2) is 11.5 Å². The van der Waals surface area contributed by atoms with Gasteiger partial charge in [-0.15, -0.1) is 0 Å². The first kappa shape index (κ1) is 17.8. The number of methoxy groups -OCH3 is 2. The van der Waals surface area contributed by atoms with Crippen LogP contribution in [0, 0.1) is 0 Å². The van der Waals surface area contributed by atoms with Crippen molar-refractivity contribution in [3.05, 3.63) is 88.7 Å². The van der Waals surface area contributed by atoms with Crippen molar-refractivity contribution < 1.29 is 9.47 Å². The summed E-state index contributed by atoms with van der Waals surface area (Å²) in [5.74, 6) is 1.81. The first-order valence-electron chi connectivity index (χ1n) is 8.97. The highest BCUT2D eigenvalue weighted by atomic mass is 16.5. The molecule has 28 heavy (non-hydrogen) atoms. The highest BCUT2D eigenvalue weighted by Crippen LogP contribution is 2.32.